The molecule has 0 unspecified atom stereocenters. The summed E-state index contributed by atoms with van der Waals surface area (Å²) in [6.07, 6.45) is 0. The highest BCUT2D eigenvalue weighted by Crippen LogP contribution is 2.18. The minimum atomic E-state index is 0.599. The van der Waals surface area contributed by atoms with Crippen molar-refractivity contribution in [3.8, 4) is 0 Å². The lowest BCUT2D eigenvalue weighted by molar-refractivity contribution is 0.203. The summed E-state index contributed by atoms with van der Waals surface area (Å²) in [6, 6.07) is 10.00. The van der Waals surface area contributed by atoms with Crippen molar-refractivity contribution in [2.75, 3.05) is 27.3 Å². The average Bonchev–Trinajstić information content (AvgIpc) is 2.85. The summed E-state index contributed by atoms with van der Waals surface area (Å²) < 4.78 is 10.7. The van der Waals surface area contributed by atoms with E-state index in [1.807, 2.05) is 30.3 Å². The molecule has 102 valence electrons. The normalized spacial score (nSPS) is 11.8. The zero-order chi connectivity index (χ0) is 13.5. The average molecular weight is 261 g/mol. The number of ether oxygens (including phenoxy) is 1. The number of guanidine groups is 1. The summed E-state index contributed by atoms with van der Waals surface area (Å²) in [5, 5.41) is 7.45. The van der Waals surface area contributed by atoms with Gasteiger partial charge in [-0.3, -0.25) is 4.99 Å². The molecule has 5 heteroatoms. The molecule has 1 aromatic carbocycles. The van der Waals surface area contributed by atoms with Crippen molar-refractivity contribution in [2.45, 2.75) is 6.54 Å². The van der Waals surface area contributed by atoms with Gasteiger partial charge in [-0.15, -0.1) is 0 Å². The lowest BCUT2D eigenvalue weighted by Crippen LogP contribution is -2.38. The van der Waals surface area contributed by atoms with Gasteiger partial charge in [-0.05, 0) is 12.1 Å². The fourth-order valence-electron chi connectivity index (χ4n) is 1.79. The van der Waals surface area contributed by atoms with E-state index in [9.17, 15) is 0 Å². The molecular weight excluding hydrogens is 242 g/mol. The Bertz CT molecular complexity index is 515. The van der Waals surface area contributed by atoms with Crippen molar-refractivity contribution in [1.29, 1.82) is 0 Å². The number of hydrogen-bond donors (Lipinski definition) is 2. The molecule has 1 aromatic heterocycles. The van der Waals surface area contributed by atoms with Crippen LogP contribution in [-0.4, -0.2) is 33.3 Å². The van der Waals surface area contributed by atoms with Crippen LogP contribution in [0.25, 0.3) is 11.0 Å². The molecule has 0 spiro atoms. The maximum atomic E-state index is 5.72. The van der Waals surface area contributed by atoms with Gasteiger partial charge in [-0.2, -0.15) is 0 Å². The third-order valence-electron chi connectivity index (χ3n) is 2.73. The summed E-state index contributed by atoms with van der Waals surface area (Å²) in [4.78, 5) is 4.13. The first-order valence-electron chi connectivity index (χ1n) is 6.24. The Morgan fingerprint density at radius 2 is 2.16 bits per heavy atom. The molecule has 2 N–H and O–H groups in total. The maximum Gasteiger partial charge on any atom is 0.191 e. The van der Waals surface area contributed by atoms with Crippen LogP contribution in [0, 0.1) is 0 Å². The van der Waals surface area contributed by atoms with Crippen LogP contribution in [0.15, 0.2) is 39.7 Å². The molecule has 1 heterocycles. The first kappa shape index (κ1) is 13.4. The molecule has 0 amide bonds. The van der Waals surface area contributed by atoms with Crippen molar-refractivity contribution >= 4 is 16.9 Å². The fraction of sp³-hybridized carbons (Fsp3) is 0.357. The third-order valence-corrected chi connectivity index (χ3v) is 2.73. The molecule has 0 saturated carbocycles. The molecule has 2 rings (SSSR count). The second-order valence-corrected chi connectivity index (χ2v) is 4.10. The summed E-state index contributed by atoms with van der Waals surface area (Å²) >= 11 is 0. The van der Waals surface area contributed by atoms with Crippen molar-refractivity contribution in [3.63, 3.8) is 0 Å². The zero-order valence-corrected chi connectivity index (χ0v) is 11.3. The minimum absolute atomic E-state index is 0.599. The maximum absolute atomic E-state index is 5.72. The minimum Gasteiger partial charge on any atom is -0.459 e. The molecule has 0 aliphatic carbocycles. The van der Waals surface area contributed by atoms with Crippen LogP contribution < -0.4 is 10.6 Å². The van der Waals surface area contributed by atoms with E-state index < -0.39 is 0 Å². The predicted molar refractivity (Wildman–Crippen MR) is 76.3 cm³/mol. The number of benzene rings is 1. The Hall–Kier alpha value is -2.01. The van der Waals surface area contributed by atoms with Gasteiger partial charge in [0.2, 0.25) is 0 Å². The Morgan fingerprint density at radius 1 is 1.32 bits per heavy atom. The molecular formula is C14H19N3O2. The monoisotopic (exact) mass is 261 g/mol. The first-order valence-corrected chi connectivity index (χ1v) is 6.24. The number of methoxy groups -OCH3 is 1. The van der Waals surface area contributed by atoms with E-state index in [0.717, 1.165) is 29.2 Å². The van der Waals surface area contributed by atoms with Gasteiger partial charge in [0.05, 0.1) is 13.2 Å². The largest absolute Gasteiger partial charge is 0.459 e. The summed E-state index contributed by atoms with van der Waals surface area (Å²) in [7, 11) is 3.41. The van der Waals surface area contributed by atoms with Gasteiger partial charge < -0.3 is 19.8 Å². The van der Waals surface area contributed by atoms with E-state index in [0.29, 0.717) is 13.2 Å². The molecule has 0 fully saturated rings. The second-order valence-electron chi connectivity index (χ2n) is 4.10. The number of para-hydroxylation sites is 1. The quantitative estimate of drug-likeness (QED) is 0.489. The second kappa shape index (κ2) is 6.80. The number of hydrogen-bond acceptors (Lipinski definition) is 3. The topological polar surface area (TPSA) is 58.8 Å². The number of nitrogens with zero attached hydrogens (tertiary/aromatic N) is 1. The summed E-state index contributed by atoms with van der Waals surface area (Å²) in [6.45, 7) is 1.96. The van der Waals surface area contributed by atoms with Crippen LogP contribution in [0.1, 0.15) is 5.76 Å². The standard InChI is InChI=1S/C14H19N3O2/c1-15-14(16-7-8-18-2)17-10-12-9-11-5-3-4-6-13(11)19-12/h3-6,9H,7-8,10H2,1-2H3,(H2,15,16,17). The van der Waals surface area contributed by atoms with Gasteiger partial charge in [0.15, 0.2) is 5.96 Å². The molecule has 0 saturated heterocycles. The molecule has 2 aromatic rings. The van der Waals surface area contributed by atoms with Crippen molar-refractivity contribution < 1.29 is 9.15 Å². The van der Waals surface area contributed by atoms with Crippen LogP contribution >= 0.6 is 0 Å². The van der Waals surface area contributed by atoms with Gasteiger partial charge >= 0.3 is 0 Å². The Balaban J connectivity index is 1.90. The zero-order valence-electron chi connectivity index (χ0n) is 11.3. The Kier molecular flexibility index (Phi) is 4.80. The molecule has 0 atom stereocenters. The molecule has 5 nitrogen and oxygen atoms in total. The Labute approximate surface area is 112 Å². The van der Waals surface area contributed by atoms with Gasteiger partial charge in [-0.1, -0.05) is 18.2 Å². The van der Waals surface area contributed by atoms with E-state index in [-0.39, 0.29) is 0 Å². The SMILES string of the molecule is CN=C(NCCOC)NCc1cc2ccccc2o1. The third kappa shape index (κ3) is 3.72. The van der Waals surface area contributed by atoms with Crippen LogP contribution in [0.4, 0.5) is 0 Å². The first-order chi connectivity index (χ1) is 9.33. The van der Waals surface area contributed by atoms with Gasteiger partial charge in [-0.25, -0.2) is 0 Å². The van der Waals surface area contributed by atoms with E-state index in [1.54, 1.807) is 14.2 Å². The highest BCUT2D eigenvalue weighted by Gasteiger charge is 2.03. The van der Waals surface area contributed by atoms with Crippen LogP contribution in [-0.2, 0) is 11.3 Å². The molecule has 0 radical (unpaired) electrons. The van der Waals surface area contributed by atoms with E-state index in [1.165, 1.54) is 0 Å². The fourth-order valence-corrected chi connectivity index (χ4v) is 1.79. The number of fused-ring (bicyclic) bond motifs is 1. The smallest absolute Gasteiger partial charge is 0.191 e. The molecule has 0 aliphatic rings. The lowest BCUT2D eigenvalue weighted by Gasteiger charge is -2.10. The van der Waals surface area contributed by atoms with Gasteiger partial charge in [0.25, 0.3) is 0 Å². The van der Waals surface area contributed by atoms with Crippen LogP contribution in [0.2, 0.25) is 0 Å². The summed E-state index contributed by atoms with van der Waals surface area (Å²) in [5.41, 5.74) is 0.904. The Morgan fingerprint density at radius 3 is 2.89 bits per heavy atom. The van der Waals surface area contributed by atoms with Crippen molar-refractivity contribution in [1.82, 2.24) is 10.6 Å². The van der Waals surface area contributed by atoms with Crippen LogP contribution in [0.3, 0.4) is 0 Å². The molecule has 0 bridgehead atoms. The number of nitrogens with one attached hydrogen (secondary N) is 2. The number of furan rings is 1. The van der Waals surface area contributed by atoms with E-state index in [4.69, 9.17) is 9.15 Å². The number of aliphatic imine (C=N–C) groups is 1. The van der Waals surface area contributed by atoms with E-state index in [2.05, 4.69) is 15.6 Å². The van der Waals surface area contributed by atoms with Gasteiger partial charge in [0, 0.05) is 26.1 Å². The van der Waals surface area contributed by atoms with Crippen LogP contribution in [0.5, 0.6) is 0 Å². The van der Waals surface area contributed by atoms with Crippen molar-refractivity contribution in [2.24, 2.45) is 4.99 Å². The lowest BCUT2D eigenvalue weighted by atomic mass is 10.2. The van der Waals surface area contributed by atoms with Crippen molar-refractivity contribution in [3.05, 3.63) is 36.1 Å². The van der Waals surface area contributed by atoms with Gasteiger partial charge in [0.1, 0.15) is 11.3 Å². The predicted octanol–water partition coefficient (Wildman–Crippen LogP) is 1.74. The highest BCUT2D eigenvalue weighted by molar-refractivity contribution is 5.80. The number of rotatable bonds is 5. The highest BCUT2D eigenvalue weighted by atomic mass is 16.5. The molecule has 0 aliphatic heterocycles. The van der Waals surface area contributed by atoms with E-state index >= 15 is 0 Å². The molecule has 19 heavy (non-hydrogen) atoms. The summed E-state index contributed by atoms with van der Waals surface area (Å²) in [5.74, 6) is 1.62.